The molecule has 7 nitrogen and oxygen atoms in total. The number of carbonyl (C=O) groups is 3. The van der Waals surface area contributed by atoms with Gasteiger partial charge >= 0.3 is 5.97 Å². The van der Waals surface area contributed by atoms with Crippen LogP contribution in [0.1, 0.15) is 51.4 Å². The second-order valence-corrected chi connectivity index (χ2v) is 8.22. The molecular formula is C21H28ClN3O4. The lowest BCUT2D eigenvalue weighted by Crippen LogP contribution is -2.50. The Morgan fingerprint density at radius 3 is 2.24 bits per heavy atom. The van der Waals surface area contributed by atoms with E-state index < -0.39 is 36.0 Å². The molecule has 2 N–H and O–H groups in total. The van der Waals surface area contributed by atoms with Gasteiger partial charge < -0.3 is 15.4 Å². The van der Waals surface area contributed by atoms with Crippen molar-refractivity contribution in [2.24, 2.45) is 11.8 Å². The first-order chi connectivity index (χ1) is 13.5. The highest BCUT2D eigenvalue weighted by atomic mass is 35.5. The van der Waals surface area contributed by atoms with E-state index in [1.807, 2.05) is 13.8 Å². The predicted octanol–water partition coefficient (Wildman–Crippen LogP) is 3.08. The van der Waals surface area contributed by atoms with Crippen LogP contribution >= 0.6 is 11.6 Å². The van der Waals surface area contributed by atoms with Crippen LogP contribution in [0.15, 0.2) is 24.3 Å². The summed E-state index contributed by atoms with van der Waals surface area (Å²) in [5.41, 5.74) is -0.709. The number of hydrogen-bond donors (Lipinski definition) is 2. The zero-order chi connectivity index (χ0) is 22.2. The van der Waals surface area contributed by atoms with Crippen LogP contribution in [0, 0.1) is 23.2 Å². The quantitative estimate of drug-likeness (QED) is 0.595. The summed E-state index contributed by atoms with van der Waals surface area (Å²) >= 11 is 5.82. The summed E-state index contributed by atoms with van der Waals surface area (Å²) < 4.78 is 5.10. The molecule has 0 saturated carbocycles. The number of nitriles is 1. The molecule has 0 saturated heterocycles. The molecular weight excluding hydrogens is 394 g/mol. The third kappa shape index (κ3) is 7.74. The number of rotatable bonds is 9. The largest absolute Gasteiger partial charge is 0.454 e. The van der Waals surface area contributed by atoms with Gasteiger partial charge in [-0.05, 0) is 49.4 Å². The van der Waals surface area contributed by atoms with Gasteiger partial charge in [-0.2, -0.15) is 5.26 Å². The normalized spacial score (nSPS) is 13.9. The fourth-order valence-electron chi connectivity index (χ4n) is 2.39. The van der Waals surface area contributed by atoms with Crippen molar-refractivity contribution >= 4 is 29.4 Å². The number of nitrogens with one attached hydrogen (secondary N) is 2. The molecule has 1 aromatic rings. The molecule has 8 heteroatoms. The number of ether oxygens (including phenoxy) is 1. The summed E-state index contributed by atoms with van der Waals surface area (Å²) in [6.07, 6.45) is 0.349. The zero-order valence-corrected chi connectivity index (χ0v) is 18.2. The number of halogens is 1. The fourth-order valence-corrected chi connectivity index (χ4v) is 2.52. The molecule has 29 heavy (non-hydrogen) atoms. The SMILES string of the molecule is CC(C)C[C@H](NC(=O)c1ccc(Cl)cc1)C(=O)OCC(=O)N[C@@](C)(C#N)C(C)C. The van der Waals surface area contributed by atoms with Gasteiger partial charge in [-0.25, -0.2) is 4.79 Å². The van der Waals surface area contributed by atoms with Gasteiger partial charge in [-0.3, -0.25) is 9.59 Å². The van der Waals surface area contributed by atoms with Crippen LogP contribution in [-0.4, -0.2) is 36.0 Å². The lowest BCUT2D eigenvalue weighted by atomic mass is 9.90. The lowest BCUT2D eigenvalue weighted by molar-refractivity contribution is -0.151. The Morgan fingerprint density at radius 1 is 1.17 bits per heavy atom. The van der Waals surface area contributed by atoms with Crippen molar-refractivity contribution < 1.29 is 19.1 Å². The minimum absolute atomic E-state index is 0.106. The average molecular weight is 422 g/mol. The molecule has 1 rings (SSSR count). The number of benzene rings is 1. The van der Waals surface area contributed by atoms with Crippen LogP contribution in [0.3, 0.4) is 0 Å². The molecule has 0 radical (unpaired) electrons. The number of nitrogens with zero attached hydrogens (tertiary/aromatic N) is 1. The Morgan fingerprint density at radius 2 is 1.76 bits per heavy atom. The van der Waals surface area contributed by atoms with Gasteiger partial charge in [0.15, 0.2) is 6.61 Å². The first-order valence-electron chi connectivity index (χ1n) is 9.43. The Labute approximate surface area is 176 Å². The van der Waals surface area contributed by atoms with E-state index in [9.17, 15) is 19.6 Å². The highest BCUT2D eigenvalue weighted by molar-refractivity contribution is 6.30. The van der Waals surface area contributed by atoms with Crippen LogP contribution in [0.25, 0.3) is 0 Å². The smallest absolute Gasteiger partial charge is 0.329 e. The lowest BCUT2D eigenvalue weighted by Gasteiger charge is -2.27. The molecule has 0 aliphatic heterocycles. The van der Waals surface area contributed by atoms with E-state index in [1.54, 1.807) is 45.0 Å². The summed E-state index contributed by atoms with van der Waals surface area (Å²) in [5.74, 6) is -1.75. The molecule has 0 bridgehead atoms. The van der Waals surface area contributed by atoms with E-state index in [2.05, 4.69) is 16.7 Å². The van der Waals surface area contributed by atoms with E-state index in [0.717, 1.165) is 0 Å². The van der Waals surface area contributed by atoms with Crippen molar-refractivity contribution in [3.05, 3.63) is 34.9 Å². The van der Waals surface area contributed by atoms with Gasteiger partial charge in [-0.15, -0.1) is 0 Å². The third-order valence-corrected chi connectivity index (χ3v) is 4.79. The number of esters is 1. The van der Waals surface area contributed by atoms with Crippen LogP contribution in [0.4, 0.5) is 0 Å². The molecule has 1 aromatic carbocycles. The van der Waals surface area contributed by atoms with Gasteiger partial charge in [0.1, 0.15) is 11.6 Å². The summed E-state index contributed by atoms with van der Waals surface area (Å²) in [6.45, 7) is 8.49. The predicted molar refractivity (Wildman–Crippen MR) is 110 cm³/mol. The van der Waals surface area contributed by atoms with Crippen LogP contribution in [-0.2, 0) is 14.3 Å². The van der Waals surface area contributed by atoms with E-state index in [0.29, 0.717) is 17.0 Å². The minimum atomic E-state index is -1.07. The average Bonchev–Trinajstić information content (AvgIpc) is 2.65. The second kappa shape index (κ2) is 10.8. The maximum Gasteiger partial charge on any atom is 0.329 e. The van der Waals surface area contributed by atoms with Gasteiger partial charge in [0.05, 0.1) is 6.07 Å². The number of amides is 2. The summed E-state index contributed by atoms with van der Waals surface area (Å²) in [4.78, 5) is 37.0. The molecule has 0 spiro atoms. The third-order valence-electron chi connectivity index (χ3n) is 4.53. The highest BCUT2D eigenvalue weighted by Gasteiger charge is 2.31. The molecule has 158 valence electrons. The maximum absolute atomic E-state index is 12.5. The second-order valence-electron chi connectivity index (χ2n) is 7.79. The summed E-state index contributed by atoms with van der Waals surface area (Å²) in [5, 5.41) is 15.0. The Balaban J connectivity index is 2.74. The van der Waals surface area contributed by atoms with E-state index in [4.69, 9.17) is 16.3 Å². The van der Waals surface area contributed by atoms with Gasteiger partial charge in [-0.1, -0.05) is 39.3 Å². The first kappa shape index (κ1) is 24.4. The monoisotopic (exact) mass is 421 g/mol. The molecule has 0 aliphatic rings. The first-order valence-corrected chi connectivity index (χ1v) is 9.81. The standard InChI is InChI=1S/C21H28ClN3O4/c1-13(2)10-17(24-19(27)15-6-8-16(22)9-7-15)20(28)29-11-18(26)25-21(5,12-23)14(3)4/h6-9,13-14,17H,10-11H2,1-5H3,(H,24,27)(H,25,26)/t17-,21-/m0/s1. The highest BCUT2D eigenvalue weighted by Crippen LogP contribution is 2.15. The minimum Gasteiger partial charge on any atom is -0.454 e. The number of hydrogen-bond acceptors (Lipinski definition) is 5. The van der Waals surface area contributed by atoms with Gasteiger partial charge in [0, 0.05) is 10.6 Å². The molecule has 2 amide bonds. The molecule has 2 atom stereocenters. The molecule has 0 aromatic heterocycles. The van der Waals surface area contributed by atoms with Crippen molar-refractivity contribution in [3.63, 3.8) is 0 Å². The summed E-state index contributed by atoms with van der Waals surface area (Å²) in [6, 6.07) is 7.42. The summed E-state index contributed by atoms with van der Waals surface area (Å²) in [7, 11) is 0. The van der Waals surface area contributed by atoms with Crippen molar-refractivity contribution in [2.45, 2.75) is 52.6 Å². The Kier molecular flexibility index (Phi) is 9.12. The van der Waals surface area contributed by atoms with Crippen molar-refractivity contribution in [3.8, 4) is 6.07 Å². The molecule has 0 heterocycles. The van der Waals surface area contributed by atoms with Gasteiger partial charge in [0.25, 0.3) is 11.8 Å². The number of carbonyl (C=O) groups excluding carboxylic acids is 3. The van der Waals surface area contributed by atoms with Crippen LogP contribution < -0.4 is 10.6 Å². The van der Waals surface area contributed by atoms with Gasteiger partial charge in [0.2, 0.25) is 0 Å². The van der Waals surface area contributed by atoms with E-state index in [-0.39, 0.29) is 11.8 Å². The van der Waals surface area contributed by atoms with Crippen LogP contribution in [0.5, 0.6) is 0 Å². The van der Waals surface area contributed by atoms with Crippen molar-refractivity contribution in [1.29, 1.82) is 5.26 Å². The topological polar surface area (TPSA) is 108 Å². The van der Waals surface area contributed by atoms with E-state index in [1.165, 1.54) is 0 Å². The molecule has 0 unspecified atom stereocenters. The molecule has 0 aliphatic carbocycles. The van der Waals surface area contributed by atoms with Crippen LogP contribution in [0.2, 0.25) is 5.02 Å². The fraction of sp³-hybridized carbons (Fsp3) is 0.524. The van der Waals surface area contributed by atoms with E-state index >= 15 is 0 Å². The Hall–Kier alpha value is -2.59. The zero-order valence-electron chi connectivity index (χ0n) is 17.4. The Bertz CT molecular complexity index is 771. The maximum atomic E-state index is 12.5. The van der Waals surface area contributed by atoms with Crippen molar-refractivity contribution in [2.75, 3.05) is 6.61 Å². The molecule has 0 fully saturated rings. The van der Waals surface area contributed by atoms with Crippen molar-refractivity contribution in [1.82, 2.24) is 10.6 Å².